The summed E-state index contributed by atoms with van der Waals surface area (Å²) >= 11 is 0. The Bertz CT molecular complexity index is 110. The second-order valence-electron chi connectivity index (χ2n) is 1.34. The van der Waals surface area contributed by atoms with E-state index in [9.17, 15) is 4.79 Å². The van der Waals surface area contributed by atoms with Gasteiger partial charge in [-0.05, 0) is 19.7 Å². The number of carboxylic acids is 1. The van der Waals surface area contributed by atoms with Crippen LogP contribution in [0, 0.1) is 0 Å². The number of carboxylic acid groups (broad SMARTS) is 1. The molecule has 0 aromatic carbocycles. The topological polar surface area (TPSA) is 37.3 Å². The maximum Gasteiger partial charge on any atom is 0.318 e. The fraction of sp³-hybridized carbons (Fsp3) is 0.667. The number of carbonyl (C=O) groups is 1. The molecule has 0 spiro atoms. The van der Waals surface area contributed by atoms with Gasteiger partial charge in [0.05, 0.1) is 0 Å². The van der Waals surface area contributed by atoms with Gasteiger partial charge in [-0.25, -0.2) is 0 Å². The molecule has 9 heavy (non-hydrogen) atoms. The summed E-state index contributed by atoms with van der Waals surface area (Å²) in [6, 6.07) is 0. The lowest BCUT2D eigenvalue weighted by Gasteiger charge is -2.13. The van der Waals surface area contributed by atoms with E-state index in [0.717, 1.165) is 5.75 Å². The van der Waals surface area contributed by atoms with Gasteiger partial charge in [-0.15, -0.1) is 0 Å². The first-order valence-electron chi connectivity index (χ1n) is 2.15. The zero-order valence-corrected chi connectivity index (χ0v) is 7.54. The van der Waals surface area contributed by atoms with Gasteiger partial charge in [0.15, 0.2) is 0 Å². The Hall–Kier alpha value is 0.870. The summed E-state index contributed by atoms with van der Waals surface area (Å²) in [6.07, 6.45) is 0. The molecule has 1 heterocycles. The molecule has 6 heteroatoms. The van der Waals surface area contributed by atoms with Crippen molar-refractivity contribution in [2.75, 3.05) is 5.75 Å². The Labute approximate surface area is 68.1 Å². The lowest BCUT2D eigenvalue weighted by Crippen LogP contribution is -2.18. The second-order valence-corrected chi connectivity index (χ2v) is 7.50. The molecule has 0 aliphatic carbocycles. The van der Waals surface area contributed by atoms with Crippen LogP contribution in [0.25, 0.3) is 0 Å². The van der Waals surface area contributed by atoms with Gasteiger partial charge < -0.3 is 5.11 Å². The molecule has 1 saturated heterocycles. The second kappa shape index (κ2) is 3.90. The molecule has 0 saturated carbocycles. The maximum absolute atomic E-state index is 10.3. The van der Waals surface area contributed by atoms with Crippen LogP contribution in [0.1, 0.15) is 0 Å². The molecule has 0 aromatic heterocycles. The zero-order chi connectivity index (χ0) is 6.69. The minimum atomic E-state index is -0.694. The van der Waals surface area contributed by atoms with Crippen LogP contribution in [0.4, 0.5) is 0 Å². The smallest absolute Gasteiger partial charge is 0.318 e. The van der Waals surface area contributed by atoms with Gasteiger partial charge in [-0.2, -0.15) is 0 Å². The molecule has 1 rings (SSSR count). The number of aliphatic carboxylic acids is 1. The molecule has 0 aromatic rings. The Kier molecular flexibility index (Phi) is 3.45. The van der Waals surface area contributed by atoms with Gasteiger partial charge in [0, 0.05) is 5.75 Å². The van der Waals surface area contributed by atoms with E-state index < -0.39 is 5.97 Å². The SMILES string of the molecule is O=C(O)C1CSSSS1. The minimum absolute atomic E-state index is 0.207. The first-order valence-corrected chi connectivity index (χ1v) is 7.20. The van der Waals surface area contributed by atoms with Crippen molar-refractivity contribution in [3.63, 3.8) is 0 Å². The number of hydrogen-bond acceptors (Lipinski definition) is 5. The van der Waals surface area contributed by atoms with Crippen LogP contribution >= 0.6 is 41.2 Å². The normalized spacial score (nSPS) is 27.8. The molecule has 2 nitrogen and oxygen atoms in total. The molecule has 1 aliphatic rings. The highest BCUT2D eigenvalue weighted by atomic mass is 33.7. The standard InChI is InChI=1S/C3H4O2S4/c4-3(5)2-1-6-8-9-7-2/h2H,1H2,(H,4,5). The molecular formula is C3H4O2S4. The van der Waals surface area contributed by atoms with Crippen molar-refractivity contribution in [2.45, 2.75) is 5.25 Å². The average Bonchev–Trinajstić information content (AvgIpc) is 1.90. The third-order valence-electron chi connectivity index (χ3n) is 0.726. The van der Waals surface area contributed by atoms with E-state index in [2.05, 4.69) is 0 Å². The predicted molar refractivity (Wildman–Crippen MR) is 46.7 cm³/mol. The fourth-order valence-corrected chi connectivity index (χ4v) is 7.31. The molecule has 0 amide bonds. The Morgan fingerprint density at radius 3 is 2.67 bits per heavy atom. The van der Waals surface area contributed by atoms with E-state index in [1.165, 1.54) is 10.8 Å². The van der Waals surface area contributed by atoms with Crippen LogP contribution in [0.3, 0.4) is 0 Å². The van der Waals surface area contributed by atoms with Crippen LogP contribution in [0.2, 0.25) is 0 Å². The summed E-state index contributed by atoms with van der Waals surface area (Å²) in [4.78, 5) is 10.3. The molecule has 1 N–H and O–H groups in total. The van der Waals surface area contributed by atoms with Crippen LogP contribution < -0.4 is 0 Å². The van der Waals surface area contributed by atoms with Crippen molar-refractivity contribution in [1.29, 1.82) is 0 Å². The fourth-order valence-electron chi connectivity index (χ4n) is 0.313. The predicted octanol–water partition coefficient (Wildman–Crippen LogP) is 2.13. The lowest BCUT2D eigenvalue weighted by molar-refractivity contribution is -0.135. The van der Waals surface area contributed by atoms with Gasteiger partial charge >= 0.3 is 5.97 Å². The Morgan fingerprint density at radius 1 is 1.56 bits per heavy atom. The highest BCUT2D eigenvalue weighted by Crippen LogP contribution is 2.51. The van der Waals surface area contributed by atoms with Crippen molar-refractivity contribution in [1.82, 2.24) is 0 Å². The number of rotatable bonds is 1. The van der Waals surface area contributed by atoms with Crippen molar-refractivity contribution >= 4 is 47.2 Å². The van der Waals surface area contributed by atoms with Crippen LogP contribution in [-0.2, 0) is 4.79 Å². The van der Waals surface area contributed by atoms with Crippen LogP contribution in [0.15, 0.2) is 0 Å². The first kappa shape index (κ1) is 7.97. The number of hydrogen-bond donors (Lipinski definition) is 1. The summed E-state index contributed by atoms with van der Waals surface area (Å²) < 4.78 is 0. The van der Waals surface area contributed by atoms with Gasteiger partial charge in [-0.3, -0.25) is 4.79 Å². The highest BCUT2D eigenvalue weighted by Gasteiger charge is 2.22. The van der Waals surface area contributed by atoms with Crippen molar-refractivity contribution < 1.29 is 9.90 Å². The van der Waals surface area contributed by atoms with Gasteiger partial charge in [-0.1, -0.05) is 21.6 Å². The molecule has 1 aliphatic heterocycles. The van der Waals surface area contributed by atoms with E-state index in [-0.39, 0.29) is 5.25 Å². The third-order valence-corrected chi connectivity index (χ3v) is 7.61. The summed E-state index contributed by atoms with van der Waals surface area (Å²) in [5, 5.41) is 8.27. The van der Waals surface area contributed by atoms with Crippen LogP contribution in [0.5, 0.6) is 0 Å². The third kappa shape index (κ3) is 2.53. The van der Waals surface area contributed by atoms with E-state index >= 15 is 0 Å². The average molecular weight is 200 g/mol. The summed E-state index contributed by atoms with van der Waals surface area (Å²) in [5.74, 6) is 0.0257. The van der Waals surface area contributed by atoms with E-state index in [1.807, 2.05) is 0 Å². The first-order chi connectivity index (χ1) is 4.30. The quantitative estimate of drug-likeness (QED) is 0.654. The van der Waals surface area contributed by atoms with E-state index in [0.29, 0.717) is 0 Å². The molecule has 0 radical (unpaired) electrons. The van der Waals surface area contributed by atoms with Gasteiger partial charge in [0.25, 0.3) is 0 Å². The van der Waals surface area contributed by atoms with Crippen molar-refractivity contribution in [3.8, 4) is 0 Å². The molecule has 52 valence electrons. The summed E-state index contributed by atoms with van der Waals surface area (Å²) in [6.45, 7) is 0. The Balaban J connectivity index is 2.31. The molecule has 0 bridgehead atoms. The van der Waals surface area contributed by atoms with Gasteiger partial charge in [0.1, 0.15) is 5.25 Å². The zero-order valence-electron chi connectivity index (χ0n) is 4.27. The van der Waals surface area contributed by atoms with E-state index in [4.69, 9.17) is 5.11 Å². The largest absolute Gasteiger partial charge is 0.480 e. The molecule has 1 unspecified atom stereocenters. The maximum atomic E-state index is 10.3. The van der Waals surface area contributed by atoms with E-state index in [1.54, 1.807) is 30.4 Å². The van der Waals surface area contributed by atoms with Crippen LogP contribution in [-0.4, -0.2) is 22.1 Å². The van der Waals surface area contributed by atoms with Crippen molar-refractivity contribution in [3.05, 3.63) is 0 Å². The molecule has 1 fully saturated rings. The van der Waals surface area contributed by atoms with Crippen molar-refractivity contribution in [2.24, 2.45) is 0 Å². The Morgan fingerprint density at radius 2 is 2.33 bits per heavy atom. The minimum Gasteiger partial charge on any atom is -0.480 e. The monoisotopic (exact) mass is 200 g/mol. The lowest BCUT2D eigenvalue weighted by atomic mass is 10.5. The summed E-state index contributed by atoms with van der Waals surface area (Å²) in [5.41, 5.74) is 0. The molecule has 1 atom stereocenters. The molecular weight excluding hydrogens is 196 g/mol. The summed E-state index contributed by atoms with van der Waals surface area (Å²) in [7, 11) is 6.24. The highest BCUT2D eigenvalue weighted by molar-refractivity contribution is 9.27. The van der Waals surface area contributed by atoms with Gasteiger partial charge in [0.2, 0.25) is 0 Å².